The van der Waals surface area contributed by atoms with Crippen LogP contribution >= 0.6 is 0 Å². The minimum Gasteiger partial charge on any atom is -0.383 e. The highest BCUT2D eigenvalue weighted by atomic mass is 32.2. The molecule has 2 heterocycles. The van der Waals surface area contributed by atoms with E-state index in [1.165, 1.54) is 18.3 Å². The number of nitrogens with zero attached hydrogens (tertiary/aromatic N) is 2. The number of anilines is 1. The van der Waals surface area contributed by atoms with E-state index in [1.54, 1.807) is 6.20 Å². The molecule has 0 radical (unpaired) electrons. The van der Waals surface area contributed by atoms with Crippen LogP contribution in [0.1, 0.15) is 5.69 Å². The average Bonchev–Trinajstić information content (AvgIpc) is 2.40. The zero-order valence-electron chi connectivity index (χ0n) is 10.2. The minimum atomic E-state index is -3.63. The summed E-state index contributed by atoms with van der Waals surface area (Å²) < 4.78 is 26.5. The Kier molecular flexibility index (Phi) is 4.08. The van der Waals surface area contributed by atoms with Crippen molar-refractivity contribution in [3.05, 3.63) is 48.4 Å². The topological polar surface area (TPSA) is 98.0 Å². The van der Waals surface area contributed by atoms with Gasteiger partial charge in [-0.3, -0.25) is 4.98 Å². The molecule has 0 saturated carbocycles. The molecule has 2 aromatic rings. The highest BCUT2D eigenvalue weighted by Gasteiger charge is 2.16. The fourth-order valence-corrected chi connectivity index (χ4v) is 2.68. The van der Waals surface area contributed by atoms with Crippen molar-refractivity contribution in [2.75, 3.05) is 12.3 Å². The Morgan fingerprint density at radius 1 is 1.11 bits per heavy atom. The van der Waals surface area contributed by atoms with Gasteiger partial charge >= 0.3 is 0 Å². The van der Waals surface area contributed by atoms with Gasteiger partial charge in [0.05, 0.1) is 0 Å². The van der Waals surface area contributed by atoms with Gasteiger partial charge in [-0.15, -0.1) is 0 Å². The van der Waals surface area contributed by atoms with E-state index < -0.39 is 10.0 Å². The van der Waals surface area contributed by atoms with Crippen LogP contribution in [0.5, 0.6) is 0 Å². The summed E-state index contributed by atoms with van der Waals surface area (Å²) in [6.07, 6.45) is 3.63. The maximum Gasteiger partial charge on any atom is 0.244 e. The largest absolute Gasteiger partial charge is 0.383 e. The number of aromatic nitrogens is 2. The standard InChI is InChI=1S/C12H14N4O2S/c13-12-11(5-3-8-15-12)19(17,18)16-9-6-10-4-1-2-7-14-10/h1-5,7-8,16H,6,9H2,(H2,13,15). The van der Waals surface area contributed by atoms with Crippen molar-refractivity contribution in [3.63, 3.8) is 0 Å². The molecule has 100 valence electrons. The van der Waals surface area contributed by atoms with Gasteiger partial charge in [-0.25, -0.2) is 18.1 Å². The lowest BCUT2D eigenvalue weighted by Crippen LogP contribution is -2.27. The summed E-state index contributed by atoms with van der Waals surface area (Å²) in [5, 5.41) is 0. The second kappa shape index (κ2) is 5.77. The van der Waals surface area contributed by atoms with Crippen molar-refractivity contribution >= 4 is 15.8 Å². The molecular formula is C12H14N4O2S. The maximum atomic E-state index is 12.0. The molecule has 0 amide bonds. The van der Waals surface area contributed by atoms with Crippen molar-refractivity contribution in [1.29, 1.82) is 0 Å². The predicted octanol–water partition coefficient (Wildman–Crippen LogP) is 0.580. The molecule has 0 unspecified atom stereocenters. The zero-order chi connectivity index (χ0) is 13.7. The molecule has 19 heavy (non-hydrogen) atoms. The van der Waals surface area contributed by atoms with Crippen LogP contribution in [0.25, 0.3) is 0 Å². The lowest BCUT2D eigenvalue weighted by Gasteiger charge is -2.07. The highest BCUT2D eigenvalue weighted by molar-refractivity contribution is 7.89. The number of nitrogens with two attached hydrogens (primary N) is 1. The summed E-state index contributed by atoms with van der Waals surface area (Å²) in [7, 11) is -3.63. The Morgan fingerprint density at radius 2 is 1.89 bits per heavy atom. The number of sulfonamides is 1. The number of hydrogen-bond acceptors (Lipinski definition) is 5. The molecule has 0 atom stereocenters. The molecular weight excluding hydrogens is 264 g/mol. The summed E-state index contributed by atoms with van der Waals surface area (Å²) in [4.78, 5) is 7.87. The molecule has 0 aliphatic rings. The molecule has 0 spiro atoms. The van der Waals surface area contributed by atoms with Crippen LogP contribution in [0, 0.1) is 0 Å². The predicted molar refractivity (Wildman–Crippen MR) is 71.8 cm³/mol. The average molecular weight is 278 g/mol. The highest BCUT2D eigenvalue weighted by Crippen LogP contribution is 2.13. The number of nitrogens with one attached hydrogen (secondary N) is 1. The van der Waals surface area contributed by atoms with Crippen LogP contribution < -0.4 is 10.5 Å². The second-order valence-electron chi connectivity index (χ2n) is 3.86. The fourth-order valence-electron chi connectivity index (χ4n) is 1.57. The number of hydrogen-bond donors (Lipinski definition) is 2. The lowest BCUT2D eigenvalue weighted by molar-refractivity contribution is 0.581. The van der Waals surface area contributed by atoms with E-state index in [0.29, 0.717) is 6.42 Å². The van der Waals surface area contributed by atoms with Gasteiger partial charge in [-0.2, -0.15) is 0 Å². The van der Waals surface area contributed by atoms with Crippen molar-refractivity contribution in [2.24, 2.45) is 0 Å². The summed E-state index contributed by atoms with van der Waals surface area (Å²) in [6.45, 7) is 0.258. The maximum absolute atomic E-state index is 12.0. The first kappa shape index (κ1) is 13.4. The van der Waals surface area contributed by atoms with Gasteiger partial charge in [-0.05, 0) is 24.3 Å². The quantitative estimate of drug-likeness (QED) is 0.833. The first-order valence-electron chi connectivity index (χ1n) is 5.69. The summed E-state index contributed by atoms with van der Waals surface area (Å²) in [6, 6.07) is 8.46. The summed E-state index contributed by atoms with van der Waals surface area (Å²) in [5.41, 5.74) is 6.37. The molecule has 2 aromatic heterocycles. The van der Waals surface area contributed by atoms with Crippen LogP contribution in [-0.2, 0) is 16.4 Å². The van der Waals surface area contributed by atoms with Crippen molar-refractivity contribution < 1.29 is 8.42 Å². The molecule has 0 fully saturated rings. The Bertz CT molecular complexity index is 644. The summed E-state index contributed by atoms with van der Waals surface area (Å²) in [5.74, 6) is -0.00663. The van der Waals surface area contributed by atoms with E-state index in [-0.39, 0.29) is 17.3 Å². The molecule has 0 bridgehead atoms. The van der Waals surface area contributed by atoms with E-state index >= 15 is 0 Å². The van der Waals surface area contributed by atoms with Crippen LogP contribution in [0.15, 0.2) is 47.6 Å². The molecule has 0 aliphatic heterocycles. The van der Waals surface area contributed by atoms with Gasteiger partial charge in [0.15, 0.2) is 0 Å². The normalized spacial score (nSPS) is 11.4. The van der Waals surface area contributed by atoms with Crippen LogP contribution in [0.4, 0.5) is 5.82 Å². The molecule has 0 saturated heterocycles. The first-order valence-corrected chi connectivity index (χ1v) is 7.18. The van der Waals surface area contributed by atoms with E-state index in [4.69, 9.17) is 5.73 Å². The minimum absolute atomic E-state index is 0.00368. The summed E-state index contributed by atoms with van der Waals surface area (Å²) >= 11 is 0. The van der Waals surface area contributed by atoms with E-state index in [2.05, 4.69) is 14.7 Å². The number of rotatable bonds is 5. The zero-order valence-corrected chi connectivity index (χ0v) is 11.0. The van der Waals surface area contributed by atoms with Crippen molar-refractivity contribution in [2.45, 2.75) is 11.3 Å². The van der Waals surface area contributed by atoms with Gasteiger partial charge in [-0.1, -0.05) is 6.07 Å². The van der Waals surface area contributed by atoms with Crippen LogP contribution in [0.3, 0.4) is 0 Å². The van der Waals surface area contributed by atoms with Gasteiger partial charge in [0.2, 0.25) is 10.0 Å². The SMILES string of the molecule is Nc1ncccc1S(=O)(=O)NCCc1ccccn1. The monoisotopic (exact) mass is 278 g/mol. The third kappa shape index (κ3) is 3.49. The Morgan fingerprint density at radius 3 is 2.58 bits per heavy atom. The van der Waals surface area contributed by atoms with Crippen LogP contribution in [0.2, 0.25) is 0 Å². The fraction of sp³-hybridized carbons (Fsp3) is 0.167. The smallest absolute Gasteiger partial charge is 0.244 e. The molecule has 6 nitrogen and oxygen atoms in total. The Balaban J connectivity index is 2.01. The molecule has 2 rings (SSSR count). The second-order valence-corrected chi connectivity index (χ2v) is 5.59. The van der Waals surface area contributed by atoms with E-state index in [9.17, 15) is 8.42 Å². The molecule has 0 aromatic carbocycles. The molecule has 0 aliphatic carbocycles. The lowest BCUT2D eigenvalue weighted by atomic mass is 10.3. The third-order valence-corrected chi connectivity index (χ3v) is 4.00. The van der Waals surface area contributed by atoms with Gasteiger partial charge in [0.25, 0.3) is 0 Å². The van der Waals surface area contributed by atoms with E-state index in [1.807, 2.05) is 18.2 Å². The van der Waals surface area contributed by atoms with Crippen molar-refractivity contribution in [1.82, 2.24) is 14.7 Å². The number of pyridine rings is 2. The Hall–Kier alpha value is -1.99. The van der Waals surface area contributed by atoms with E-state index in [0.717, 1.165) is 5.69 Å². The van der Waals surface area contributed by atoms with Gasteiger partial charge in [0, 0.05) is 31.1 Å². The first-order chi connectivity index (χ1) is 9.09. The van der Waals surface area contributed by atoms with Crippen LogP contribution in [-0.4, -0.2) is 24.9 Å². The third-order valence-electron chi connectivity index (χ3n) is 2.49. The van der Waals surface area contributed by atoms with Gasteiger partial charge in [0.1, 0.15) is 10.7 Å². The van der Waals surface area contributed by atoms with Gasteiger partial charge < -0.3 is 5.73 Å². The molecule has 7 heteroatoms. The Labute approximate surface area is 111 Å². The van der Waals surface area contributed by atoms with Crippen molar-refractivity contribution in [3.8, 4) is 0 Å². The number of nitrogen functional groups attached to an aromatic ring is 1. The molecule has 3 N–H and O–H groups in total.